The monoisotopic (exact) mass is 194 g/mol. The van der Waals surface area contributed by atoms with Gasteiger partial charge in [0.15, 0.2) is 0 Å². The maximum absolute atomic E-state index is 5.55. The molecule has 1 aliphatic heterocycles. The summed E-state index contributed by atoms with van der Waals surface area (Å²) in [5.41, 5.74) is 0.419. The Bertz CT molecular complexity index is 244. The summed E-state index contributed by atoms with van der Waals surface area (Å²) in [6.45, 7) is 8.01. The number of ether oxygens (including phenoxy) is 1. The highest BCUT2D eigenvalue weighted by Gasteiger charge is 2.53. The van der Waals surface area contributed by atoms with Gasteiger partial charge in [0.25, 0.3) is 0 Å². The van der Waals surface area contributed by atoms with E-state index in [-0.39, 0.29) is 0 Å². The molecule has 0 amide bonds. The zero-order valence-corrected chi connectivity index (χ0v) is 9.68. The average Bonchev–Trinajstić information content (AvgIpc) is 2.70. The van der Waals surface area contributed by atoms with E-state index in [1.807, 2.05) is 0 Å². The maximum atomic E-state index is 5.55. The van der Waals surface area contributed by atoms with Crippen molar-refractivity contribution < 1.29 is 4.74 Å². The maximum Gasteiger partial charge on any atom is 0.103 e. The molecule has 0 radical (unpaired) electrons. The Labute approximate surface area is 87.5 Å². The van der Waals surface area contributed by atoms with E-state index in [9.17, 15) is 0 Å². The molecule has 3 atom stereocenters. The largest absolute Gasteiger partial charge is 0.497 e. The van der Waals surface area contributed by atoms with E-state index >= 15 is 0 Å². The molecule has 0 aromatic rings. The Hall–Kier alpha value is -0.460. The lowest BCUT2D eigenvalue weighted by molar-refractivity contribution is 0.263. The third kappa shape index (κ3) is 1.57. The fraction of sp³-hybridized carbons (Fsp3) is 0.846. The Morgan fingerprint density at radius 1 is 1.50 bits per heavy atom. The number of fused-ring (bicyclic) bond motifs is 1. The molecule has 14 heavy (non-hydrogen) atoms. The first-order valence-electron chi connectivity index (χ1n) is 6.05. The number of allylic oxidation sites excluding steroid dienone is 2. The van der Waals surface area contributed by atoms with Gasteiger partial charge in [-0.2, -0.15) is 0 Å². The summed E-state index contributed by atoms with van der Waals surface area (Å²) in [5.74, 6) is 2.97. The molecular formula is C13H22O. The van der Waals surface area contributed by atoms with E-state index in [2.05, 4.69) is 26.8 Å². The van der Waals surface area contributed by atoms with E-state index in [0.717, 1.165) is 18.4 Å². The van der Waals surface area contributed by atoms with Gasteiger partial charge in [0, 0.05) is 0 Å². The zero-order valence-electron chi connectivity index (χ0n) is 9.68. The number of rotatable bonds is 5. The Morgan fingerprint density at radius 3 is 2.79 bits per heavy atom. The minimum absolute atomic E-state index is 0.419. The Balaban J connectivity index is 1.82. The highest BCUT2D eigenvalue weighted by molar-refractivity contribution is 5.37. The molecule has 1 heteroatoms. The first-order valence-corrected chi connectivity index (χ1v) is 6.05. The van der Waals surface area contributed by atoms with Crippen LogP contribution >= 0.6 is 0 Å². The van der Waals surface area contributed by atoms with Gasteiger partial charge < -0.3 is 4.74 Å². The van der Waals surface area contributed by atoms with Crippen LogP contribution in [0.4, 0.5) is 0 Å². The van der Waals surface area contributed by atoms with Crippen LogP contribution in [0.5, 0.6) is 0 Å². The lowest BCUT2D eigenvalue weighted by Crippen LogP contribution is -2.17. The van der Waals surface area contributed by atoms with Crippen molar-refractivity contribution in [3.63, 3.8) is 0 Å². The topological polar surface area (TPSA) is 9.23 Å². The van der Waals surface area contributed by atoms with E-state index in [1.54, 1.807) is 0 Å². The van der Waals surface area contributed by atoms with E-state index in [4.69, 9.17) is 4.74 Å². The highest BCUT2D eigenvalue weighted by atomic mass is 16.5. The molecule has 2 aliphatic rings. The van der Waals surface area contributed by atoms with Crippen molar-refractivity contribution in [2.45, 2.75) is 46.5 Å². The summed E-state index contributed by atoms with van der Waals surface area (Å²) in [4.78, 5) is 0. The molecule has 1 saturated heterocycles. The average molecular weight is 194 g/mol. The van der Waals surface area contributed by atoms with Crippen LogP contribution in [0.1, 0.15) is 46.5 Å². The van der Waals surface area contributed by atoms with Crippen LogP contribution in [0.3, 0.4) is 0 Å². The highest BCUT2D eigenvalue weighted by Crippen LogP contribution is 2.59. The molecule has 1 aliphatic carbocycles. The van der Waals surface area contributed by atoms with Crippen molar-refractivity contribution in [1.82, 2.24) is 0 Å². The van der Waals surface area contributed by atoms with Crippen molar-refractivity contribution in [2.24, 2.45) is 17.3 Å². The van der Waals surface area contributed by atoms with Gasteiger partial charge in [-0.15, -0.1) is 0 Å². The molecule has 0 N–H and O–H groups in total. The summed E-state index contributed by atoms with van der Waals surface area (Å²) < 4.78 is 5.55. The second kappa shape index (κ2) is 3.60. The van der Waals surface area contributed by atoms with Gasteiger partial charge in [-0.25, -0.2) is 0 Å². The standard InChI is InChI=1S/C13H22O/c1-4-5-10(2)8-11(3)13-6-7-14-12(13)9-13/h9-11H,4-8H2,1-3H3. The van der Waals surface area contributed by atoms with Gasteiger partial charge in [-0.3, -0.25) is 0 Å². The third-order valence-corrected chi connectivity index (χ3v) is 3.95. The molecule has 1 heterocycles. The SMILES string of the molecule is CCCC(C)CC(C)C12C=C1OCC2. The van der Waals surface area contributed by atoms with Gasteiger partial charge in [0.2, 0.25) is 0 Å². The van der Waals surface area contributed by atoms with Crippen LogP contribution in [0, 0.1) is 17.3 Å². The minimum atomic E-state index is 0.419. The summed E-state index contributed by atoms with van der Waals surface area (Å²) in [6.07, 6.45) is 7.63. The Kier molecular flexibility index (Phi) is 2.59. The van der Waals surface area contributed by atoms with Crippen LogP contribution in [0.15, 0.2) is 11.8 Å². The van der Waals surface area contributed by atoms with Crippen LogP contribution < -0.4 is 0 Å². The van der Waals surface area contributed by atoms with Crippen molar-refractivity contribution in [1.29, 1.82) is 0 Å². The zero-order chi connectivity index (χ0) is 10.2. The lowest BCUT2D eigenvalue weighted by Gasteiger charge is -2.23. The molecule has 0 saturated carbocycles. The van der Waals surface area contributed by atoms with Gasteiger partial charge >= 0.3 is 0 Å². The number of hydrogen-bond donors (Lipinski definition) is 0. The van der Waals surface area contributed by atoms with Crippen molar-refractivity contribution in [3.8, 4) is 0 Å². The molecule has 3 unspecified atom stereocenters. The van der Waals surface area contributed by atoms with Crippen LogP contribution in [-0.2, 0) is 4.74 Å². The molecule has 0 spiro atoms. The fourth-order valence-corrected chi connectivity index (χ4v) is 2.96. The molecule has 0 aromatic carbocycles. The molecule has 1 nitrogen and oxygen atoms in total. The summed E-state index contributed by atoms with van der Waals surface area (Å²) >= 11 is 0. The fourth-order valence-electron chi connectivity index (χ4n) is 2.96. The lowest BCUT2D eigenvalue weighted by atomic mass is 9.79. The van der Waals surface area contributed by atoms with Crippen LogP contribution in [-0.4, -0.2) is 6.61 Å². The van der Waals surface area contributed by atoms with E-state index < -0.39 is 0 Å². The van der Waals surface area contributed by atoms with Gasteiger partial charge in [-0.1, -0.05) is 33.6 Å². The quantitative estimate of drug-likeness (QED) is 0.647. The van der Waals surface area contributed by atoms with Crippen molar-refractivity contribution in [2.75, 3.05) is 6.61 Å². The smallest absolute Gasteiger partial charge is 0.103 e. The van der Waals surface area contributed by atoms with Gasteiger partial charge in [0.1, 0.15) is 5.76 Å². The predicted molar refractivity (Wildman–Crippen MR) is 58.9 cm³/mol. The van der Waals surface area contributed by atoms with Crippen LogP contribution in [0.25, 0.3) is 0 Å². The normalized spacial score (nSPS) is 32.9. The minimum Gasteiger partial charge on any atom is -0.497 e. The predicted octanol–water partition coefficient (Wildman–Crippen LogP) is 3.75. The first kappa shape index (κ1) is 10.1. The molecule has 2 rings (SSSR count). The van der Waals surface area contributed by atoms with E-state index in [0.29, 0.717) is 5.41 Å². The number of hydrogen-bond acceptors (Lipinski definition) is 1. The summed E-state index contributed by atoms with van der Waals surface area (Å²) in [7, 11) is 0. The van der Waals surface area contributed by atoms with E-state index in [1.165, 1.54) is 31.4 Å². The van der Waals surface area contributed by atoms with Crippen molar-refractivity contribution >= 4 is 0 Å². The second-order valence-corrected chi connectivity index (χ2v) is 5.18. The molecule has 0 aromatic heterocycles. The van der Waals surface area contributed by atoms with Gasteiger partial charge in [0.05, 0.1) is 12.0 Å². The Morgan fingerprint density at radius 2 is 2.29 bits per heavy atom. The van der Waals surface area contributed by atoms with Gasteiger partial charge in [-0.05, 0) is 30.8 Å². The molecule has 80 valence electrons. The molecule has 0 bridgehead atoms. The molecular weight excluding hydrogens is 172 g/mol. The van der Waals surface area contributed by atoms with Crippen LogP contribution in [0.2, 0.25) is 0 Å². The second-order valence-electron chi connectivity index (χ2n) is 5.18. The third-order valence-electron chi connectivity index (χ3n) is 3.95. The van der Waals surface area contributed by atoms with Crippen molar-refractivity contribution in [3.05, 3.63) is 11.8 Å². The first-order chi connectivity index (χ1) is 6.69. The summed E-state index contributed by atoms with van der Waals surface area (Å²) in [5, 5.41) is 0. The molecule has 1 fully saturated rings. The summed E-state index contributed by atoms with van der Waals surface area (Å²) in [6, 6.07) is 0.